The quantitative estimate of drug-likeness (QED) is 0.734. The molecule has 1 aliphatic carbocycles. The number of esters is 1. The minimum atomic E-state index is -0.620. The number of carbonyl (C=O) groups is 1. The highest BCUT2D eigenvalue weighted by molar-refractivity contribution is 5.80. The highest BCUT2D eigenvalue weighted by Crippen LogP contribution is 2.26. The first kappa shape index (κ1) is 18.4. The van der Waals surface area contributed by atoms with Gasteiger partial charge >= 0.3 is 5.97 Å². The van der Waals surface area contributed by atoms with Crippen molar-refractivity contribution in [2.75, 3.05) is 14.2 Å². The van der Waals surface area contributed by atoms with Crippen LogP contribution in [0.4, 0.5) is 0 Å². The van der Waals surface area contributed by atoms with Gasteiger partial charge in [-0.05, 0) is 54.0 Å². The first-order chi connectivity index (χ1) is 9.80. The minimum absolute atomic E-state index is 0.167. The fraction of sp³-hybridized carbons (Fsp3) is 0.941. The molecule has 0 aliphatic heterocycles. The van der Waals surface area contributed by atoms with Gasteiger partial charge in [-0.25, -0.2) is 0 Å². The third-order valence-corrected chi connectivity index (χ3v) is 4.79. The SMILES string of the molecule is COC(=O)C(C)(CC(C)N(C)C1CCCCC1)NC(C)C. The second-order valence-electron chi connectivity index (χ2n) is 7.13. The summed E-state index contributed by atoms with van der Waals surface area (Å²) < 4.78 is 5.02. The summed E-state index contributed by atoms with van der Waals surface area (Å²) in [5, 5.41) is 3.39. The zero-order chi connectivity index (χ0) is 16.0. The summed E-state index contributed by atoms with van der Waals surface area (Å²) in [5.41, 5.74) is -0.620. The molecular formula is C17H34N2O2. The van der Waals surface area contributed by atoms with Crippen LogP contribution in [0.2, 0.25) is 0 Å². The molecule has 0 radical (unpaired) electrons. The van der Waals surface area contributed by atoms with Crippen molar-refractivity contribution in [2.45, 2.75) is 89.9 Å². The maximum atomic E-state index is 12.2. The van der Waals surface area contributed by atoms with Crippen molar-refractivity contribution in [1.82, 2.24) is 10.2 Å². The fourth-order valence-corrected chi connectivity index (χ4v) is 3.65. The van der Waals surface area contributed by atoms with Gasteiger partial charge in [-0.15, -0.1) is 0 Å². The molecule has 21 heavy (non-hydrogen) atoms. The van der Waals surface area contributed by atoms with Gasteiger partial charge in [0.25, 0.3) is 0 Å². The van der Waals surface area contributed by atoms with Gasteiger partial charge in [0.1, 0.15) is 5.54 Å². The van der Waals surface area contributed by atoms with Crippen LogP contribution in [-0.2, 0) is 9.53 Å². The van der Waals surface area contributed by atoms with Crippen LogP contribution >= 0.6 is 0 Å². The van der Waals surface area contributed by atoms with Gasteiger partial charge in [-0.3, -0.25) is 10.1 Å². The Labute approximate surface area is 130 Å². The summed E-state index contributed by atoms with van der Waals surface area (Å²) in [7, 11) is 3.67. The van der Waals surface area contributed by atoms with Crippen molar-refractivity contribution in [3.8, 4) is 0 Å². The van der Waals surface area contributed by atoms with E-state index in [1.54, 1.807) is 0 Å². The first-order valence-electron chi connectivity index (χ1n) is 8.38. The molecule has 1 aliphatic rings. The van der Waals surface area contributed by atoms with E-state index in [1.165, 1.54) is 39.2 Å². The zero-order valence-corrected chi connectivity index (χ0v) is 14.7. The Balaban J connectivity index is 2.70. The minimum Gasteiger partial charge on any atom is -0.468 e. The first-order valence-corrected chi connectivity index (χ1v) is 8.38. The van der Waals surface area contributed by atoms with E-state index in [-0.39, 0.29) is 12.0 Å². The summed E-state index contributed by atoms with van der Waals surface area (Å²) >= 11 is 0. The Kier molecular flexibility index (Phi) is 7.14. The standard InChI is InChI=1S/C17H34N2O2/c1-13(2)18-17(4,16(20)21-6)12-14(3)19(5)15-10-8-7-9-11-15/h13-15,18H,7-12H2,1-6H3. The molecule has 0 bridgehead atoms. The number of methoxy groups -OCH3 is 1. The number of ether oxygens (including phenoxy) is 1. The van der Waals surface area contributed by atoms with Crippen LogP contribution in [0.5, 0.6) is 0 Å². The van der Waals surface area contributed by atoms with Gasteiger partial charge in [0, 0.05) is 18.1 Å². The second-order valence-corrected chi connectivity index (χ2v) is 7.13. The van der Waals surface area contributed by atoms with Gasteiger partial charge in [0.15, 0.2) is 0 Å². The molecule has 124 valence electrons. The molecule has 0 spiro atoms. The number of carbonyl (C=O) groups excluding carboxylic acids is 1. The van der Waals surface area contributed by atoms with Crippen LogP contribution in [0.1, 0.15) is 66.2 Å². The Morgan fingerprint density at radius 2 is 1.86 bits per heavy atom. The lowest BCUT2D eigenvalue weighted by Crippen LogP contribution is -2.56. The van der Waals surface area contributed by atoms with Gasteiger partial charge in [0.2, 0.25) is 0 Å². The van der Waals surface area contributed by atoms with Gasteiger partial charge in [0.05, 0.1) is 7.11 Å². The average molecular weight is 298 g/mol. The van der Waals surface area contributed by atoms with Crippen molar-refractivity contribution < 1.29 is 9.53 Å². The average Bonchev–Trinajstić information content (AvgIpc) is 2.45. The maximum absolute atomic E-state index is 12.2. The van der Waals surface area contributed by atoms with Crippen LogP contribution in [-0.4, -0.2) is 48.7 Å². The van der Waals surface area contributed by atoms with Crippen molar-refractivity contribution in [1.29, 1.82) is 0 Å². The smallest absolute Gasteiger partial charge is 0.325 e. The predicted molar refractivity (Wildman–Crippen MR) is 87.4 cm³/mol. The summed E-state index contributed by atoms with van der Waals surface area (Å²) in [4.78, 5) is 14.7. The molecular weight excluding hydrogens is 264 g/mol. The summed E-state index contributed by atoms with van der Waals surface area (Å²) in [5.74, 6) is -0.167. The molecule has 0 amide bonds. The maximum Gasteiger partial charge on any atom is 0.325 e. The number of hydrogen-bond acceptors (Lipinski definition) is 4. The third kappa shape index (κ3) is 5.26. The van der Waals surface area contributed by atoms with Crippen molar-refractivity contribution >= 4 is 5.97 Å². The van der Waals surface area contributed by atoms with Gasteiger partial charge in [-0.1, -0.05) is 19.3 Å². The molecule has 0 aromatic heterocycles. The van der Waals surface area contributed by atoms with Crippen molar-refractivity contribution in [3.05, 3.63) is 0 Å². The van der Waals surface area contributed by atoms with Crippen LogP contribution in [0.3, 0.4) is 0 Å². The number of rotatable bonds is 7. The number of nitrogens with zero attached hydrogens (tertiary/aromatic N) is 1. The van der Waals surface area contributed by atoms with E-state index in [2.05, 4.69) is 38.0 Å². The highest BCUT2D eigenvalue weighted by Gasteiger charge is 2.38. The Morgan fingerprint density at radius 1 is 1.29 bits per heavy atom. The lowest BCUT2D eigenvalue weighted by Gasteiger charge is -2.40. The Hall–Kier alpha value is -0.610. The summed E-state index contributed by atoms with van der Waals surface area (Å²) in [6.45, 7) is 8.31. The van der Waals surface area contributed by atoms with E-state index in [1.807, 2.05) is 6.92 Å². The van der Waals surface area contributed by atoms with Crippen molar-refractivity contribution in [2.24, 2.45) is 0 Å². The van der Waals surface area contributed by atoms with E-state index >= 15 is 0 Å². The van der Waals surface area contributed by atoms with Crippen LogP contribution in [0.25, 0.3) is 0 Å². The Morgan fingerprint density at radius 3 is 2.33 bits per heavy atom. The molecule has 0 heterocycles. The molecule has 0 saturated heterocycles. The molecule has 4 heteroatoms. The molecule has 0 aromatic rings. The van der Waals surface area contributed by atoms with E-state index < -0.39 is 5.54 Å². The van der Waals surface area contributed by atoms with E-state index in [0.717, 1.165) is 6.42 Å². The molecule has 1 N–H and O–H groups in total. The molecule has 1 rings (SSSR count). The normalized spacial score (nSPS) is 21.3. The Bertz CT molecular complexity index is 327. The lowest BCUT2D eigenvalue weighted by molar-refractivity contribution is -0.149. The topological polar surface area (TPSA) is 41.6 Å². The largest absolute Gasteiger partial charge is 0.468 e. The van der Waals surface area contributed by atoms with E-state index in [9.17, 15) is 4.79 Å². The molecule has 0 aromatic carbocycles. The van der Waals surface area contributed by atoms with E-state index in [0.29, 0.717) is 12.1 Å². The molecule has 2 atom stereocenters. The number of nitrogens with one attached hydrogen (secondary N) is 1. The summed E-state index contributed by atoms with van der Waals surface area (Å²) in [6, 6.07) is 1.26. The van der Waals surface area contributed by atoms with Crippen molar-refractivity contribution in [3.63, 3.8) is 0 Å². The molecule has 1 fully saturated rings. The molecule has 4 nitrogen and oxygen atoms in total. The third-order valence-electron chi connectivity index (χ3n) is 4.79. The van der Waals surface area contributed by atoms with E-state index in [4.69, 9.17) is 4.74 Å². The fourth-order valence-electron chi connectivity index (χ4n) is 3.65. The van der Waals surface area contributed by atoms with Gasteiger partial charge in [-0.2, -0.15) is 0 Å². The van der Waals surface area contributed by atoms with Crippen LogP contribution in [0.15, 0.2) is 0 Å². The monoisotopic (exact) mass is 298 g/mol. The van der Waals surface area contributed by atoms with Crippen LogP contribution < -0.4 is 5.32 Å². The zero-order valence-electron chi connectivity index (χ0n) is 14.7. The van der Waals surface area contributed by atoms with Crippen LogP contribution in [0, 0.1) is 0 Å². The second kappa shape index (κ2) is 8.14. The summed E-state index contributed by atoms with van der Waals surface area (Å²) in [6.07, 6.45) is 7.37. The highest BCUT2D eigenvalue weighted by atomic mass is 16.5. The van der Waals surface area contributed by atoms with Gasteiger partial charge < -0.3 is 9.64 Å². The lowest BCUT2D eigenvalue weighted by atomic mass is 9.89. The predicted octanol–water partition coefficient (Wildman–Crippen LogP) is 2.96. The molecule has 1 saturated carbocycles. The number of hydrogen-bond donors (Lipinski definition) is 1. The molecule has 2 unspecified atom stereocenters.